The number of amides is 3. The summed E-state index contributed by atoms with van der Waals surface area (Å²) in [7, 11) is 0. The number of benzene rings is 1. The summed E-state index contributed by atoms with van der Waals surface area (Å²) < 4.78 is 5.90. The molecule has 1 fully saturated rings. The van der Waals surface area contributed by atoms with E-state index in [0.29, 0.717) is 6.42 Å². The zero-order valence-electron chi connectivity index (χ0n) is 12.8. The molecule has 1 N–H and O–H groups in total. The van der Waals surface area contributed by atoms with E-state index in [1.165, 1.54) is 4.90 Å². The Morgan fingerprint density at radius 3 is 2.67 bits per heavy atom. The van der Waals surface area contributed by atoms with Crippen molar-refractivity contribution in [2.75, 3.05) is 6.54 Å². The van der Waals surface area contributed by atoms with Crippen molar-refractivity contribution in [3.8, 4) is 5.75 Å². The molecular formula is C16H22N2O3. The molecule has 1 aromatic rings. The molecule has 0 spiro atoms. The van der Waals surface area contributed by atoms with Gasteiger partial charge in [0.15, 0.2) is 0 Å². The van der Waals surface area contributed by atoms with Gasteiger partial charge in [-0.1, -0.05) is 26.0 Å². The van der Waals surface area contributed by atoms with Crippen molar-refractivity contribution in [1.82, 2.24) is 10.2 Å². The van der Waals surface area contributed by atoms with Crippen LogP contribution in [0.3, 0.4) is 0 Å². The van der Waals surface area contributed by atoms with Crippen molar-refractivity contribution in [3.63, 3.8) is 0 Å². The van der Waals surface area contributed by atoms with Crippen molar-refractivity contribution < 1.29 is 14.3 Å². The highest BCUT2D eigenvalue weighted by atomic mass is 16.5. The van der Waals surface area contributed by atoms with Crippen LogP contribution in [-0.4, -0.2) is 35.5 Å². The highest BCUT2D eigenvalue weighted by Gasteiger charge is 2.37. The number of ether oxygens (including phenoxy) is 1. The van der Waals surface area contributed by atoms with Crippen LogP contribution in [-0.2, 0) is 4.79 Å². The lowest BCUT2D eigenvalue weighted by molar-refractivity contribution is -0.128. The monoisotopic (exact) mass is 290 g/mol. The molecule has 0 saturated carbocycles. The molecule has 0 unspecified atom stereocenters. The van der Waals surface area contributed by atoms with E-state index >= 15 is 0 Å². The number of carbonyl (C=O) groups is 2. The van der Waals surface area contributed by atoms with Gasteiger partial charge in [0.1, 0.15) is 17.9 Å². The Hall–Kier alpha value is -2.04. The number of hydrogen-bond acceptors (Lipinski definition) is 3. The zero-order valence-corrected chi connectivity index (χ0v) is 12.8. The van der Waals surface area contributed by atoms with Crippen LogP contribution < -0.4 is 10.1 Å². The molecule has 5 heteroatoms. The summed E-state index contributed by atoms with van der Waals surface area (Å²) >= 11 is 0. The van der Waals surface area contributed by atoms with Crippen LogP contribution in [0.5, 0.6) is 5.75 Å². The molecule has 2 rings (SSSR count). The first-order chi connectivity index (χ1) is 10.0. The highest BCUT2D eigenvalue weighted by molar-refractivity contribution is 6.04. The number of nitrogens with zero attached hydrogens (tertiary/aromatic N) is 1. The van der Waals surface area contributed by atoms with Crippen LogP contribution in [0.15, 0.2) is 24.3 Å². The Balaban J connectivity index is 2.02. The molecule has 1 aliphatic heterocycles. The van der Waals surface area contributed by atoms with Crippen molar-refractivity contribution in [1.29, 1.82) is 0 Å². The highest BCUT2D eigenvalue weighted by Crippen LogP contribution is 2.17. The Bertz CT molecular complexity index is 530. The normalized spacial score (nSPS) is 19.6. The Morgan fingerprint density at radius 1 is 1.33 bits per heavy atom. The van der Waals surface area contributed by atoms with E-state index in [0.717, 1.165) is 17.7 Å². The van der Waals surface area contributed by atoms with E-state index in [1.807, 2.05) is 45.0 Å². The fraction of sp³-hybridized carbons (Fsp3) is 0.500. The fourth-order valence-electron chi connectivity index (χ4n) is 2.36. The second-order valence-corrected chi connectivity index (χ2v) is 5.32. The third-order valence-electron chi connectivity index (χ3n) is 3.65. The molecule has 5 nitrogen and oxygen atoms in total. The van der Waals surface area contributed by atoms with Gasteiger partial charge in [0.05, 0.1) is 6.54 Å². The number of nitrogens with one attached hydrogen (secondary N) is 1. The summed E-state index contributed by atoms with van der Waals surface area (Å²) in [6.07, 6.45) is 1.13. The maximum atomic E-state index is 12.1. The lowest BCUT2D eigenvalue weighted by atomic mass is 10.2. The molecular weight excluding hydrogens is 268 g/mol. The summed E-state index contributed by atoms with van der Waals surface area (Å²) in [4.78, 5) is 25.2. The van der Waals surface area contributed by atoms with E-state index in [4.69, 9.17) is 4.74 Å². The van der Waals surface area contributed by atoms with Gasteiger partial charge < -0.3 is 10.1 Å². The van der Waals surface area contributed by atoms with Gasteiger partial charge >= 0.3 is 6.03 Å². The molecule has 0 bridgehead atoms. The van der Waals surface area contributed by atoms with E-state index in [2.05, 4.69) is 5.32 Å². The molecule has 2 atom stereocenters. The quantitative estimate of drug-likeness (QED) is 0.819. The molecule has 1 heterocycles. The molecule has 0 aliphatic carbocycles. The number of urea groups is 1. The zero-order chi connectivity index (χ0) is 15.4. The van der Waals surface area contributed by atoms with Crippen LogP contribution in [0.1, 0.15) is 32.3 Å². The van der Waals surface area contributed by atoms with Crippen LogP contribution in [0.2, 0.25) is 0 Å². The maximum Gasteiger partial charge on any atom is 0.324 e. The third kappa shape index (κ3) is 3.54. The largest absolute Gasteiger partial charge is 0.489 e. The first-order valence-electron chi connectivity index (χ1n) is 7.40. The van der Waals surface area contributed by atoms with Gasteiger partial charge in [-0.15, -0.1) is 0 Å². The van der Waals surface area contributed by atoms with Gasteiger partial charge in [-0.25, -0.2) is 4.79 Å². The van der Waals surface area contributed by atoms with Crippen LogP contribution in [0.4, 0.5) is 4.79 Å². The second kappa shape index (κ2) is 6.61. The van der Waals surface area contributed by atoms with Crippen molar-refractivity contribution in [3.05, 3.63) is 29.8 Å². The SMILES string of the molecule is CC[C@@H](CN1C(=O)N[C@@H](CC)C1=O)Oc1cccc(C)c1. The number of carbonyl (C=O) groups excluding carboxylic acids is 2. The number of hydrogen-bond donors (Lipinski definition) is 1. The van der Waals surface area contributed by atoms with Gasteiger partial charge in [0, 0.05) is 0 Å². The Labute approximate surface area is 125 Å². The van der Waals surface area contributed by atoms with Gasteiger partial charge in [-0.05, 0) is 37.5 Å². The maximum absolute atomic E-state index is 12.1. The summed E-state index contributed by atoms with van der Waals surface area (Å²) in [6, 6.07) is 7.04. The molecule has 1 saturated heterocycles. The second-order valence-electron chi connectivity index (χ2n) is 5.32. The molecule has 1 aromatic carbocycles. The van der Waals surface area contributed by atoms with E-state index in [-0.39, 0.29) is 24.6 Å². The van der Waals surface area contributed by atoms with Crippen molar-refractivity contribution >= 4 is 11.9 Å². The summed E-state index contributed by atoms with van der Waals surface area (Å²) in [5.41, 5.74) is 1.11. The standard InChI is InChI=1S/C16H22N2O3/c1-4-12(21-13-8-6-7-11(3)9-13)10-18-15(19)14(5-2)17-16(18)20/h6-9,12,14H,4-5,10H2,1-3H3,(H,17,20)/t12-,14-/m0/s1. The number of rotatable bonds is 6. The van der Waals surface area contributed by atoms with Crippen molar-refractivity contribution in [2.45, 2.75) is 45.8 Å². The van der Waals surface area contributed by atoms with Crippen LogP contribution in [0, 0.1) is 6.92 Å². The van der Waals surface area contributed by atoms with Gasteiger partial charge in [0.25, 0.3) is 5.91 Å². The van der Waals surface area contributed by atoms with Crippen LogP contribution >= 0.6 is 0 Å². The van der Waals surface area contributed by atoms with E-state index in [9.17, 15) is 9.59 Å². The van der Waals surface area contributed by atoms with Gasteiger partial charge in [0.2, 0.25) is 0 Å². The number of imide groups is 1. The number of aryl methyl sites for hydroxylation is 1. The molecule has 3 amide bonds. The topological polar surface area (TPSA) is 58.6 Å². The summed E-state index contributed by atoms with van der Waals surface area (Å²) in [5, 5.41) is 2.69. The molecule has 0 radical (unpaired) electrons. The molecule has 1 aliphatic rings. The van der Waals surface area contributed by atoms with Crippen LogP contribution in [0.25, 0.3) is 0 Å². The predicted molar refractivity (Wildman–Crippen MR) is 80.2 cm³/mol. The Kier molecular flexibility index (Phi) is 4.83. The van der Waals surface area contributed by atoms with Gasteiger partial charge in [-0.2, -0.15) is 0 Å². The fourth-order valence-corrected chi connectivity index (χ4v) is 2.36. The average molecular weight is 290 g/mol. The predicted octanol–water partition coefficient (Wildman–Crippen LogP) is 2.48. The average Bonchev–Trinajstić information content (AvgIpc) is 2.73. The summed E-state index contributed by atoms with van der Waals surface area (Å²) in [5.74, 6) is 0.606. The van der Waals surface area contributed by atoms with Crippen molar-refractivity contribution in [2.24, 2.45) is 0 Å². The minimum atomic E-state index is -0.394. The van der Waals surface area contributed by atoms with E-state index in [1.54, 1.807) is 0 Å². The molecule has 114 valence electrons. The lowest BCUT2D eigenvalue weighted by Crippen LogP contribution is -2.40. The Morgan fingerprint density at radius 2 is 2.10 bits per heavy atom. The minimum Gasteiger partial charge on any atom is -0.489 e. The first-order valence-corrected chi connectivity index (χ1v) is 7.40. The molecule has 0 aromatic heterocycles. The minimum absolute atomic E-state index is 0.159. The van der Waals surface area contributed by atoms with Gasteiger partial charge in [-0.3, -0.25) is 9.69 Å². The van der Waals surface area contributed by atoms with E-state index < -0.39 is 6.04 Å². The first kappa shape index (κ1) is 15.4. The lowest BCUT2D eigenvalue weighted by Gasteiger charge is -2.22. The summed E-state index contributed by atoms with van der Waals surface area (Å²) in [6.45, 7) is 6.14. The smallest absolute Gasteiger partial charge is 0.324 e. The third-order valence-corrected chi connectivity index (χ3v) is 3.65. The molecule has 21 heavy (non-hydrogen) atoms.